The van der Waals surface area contributed by atoms with Gasteiger partial charge in [-0.05, 0) is 54.6 Å². The minimum Gasteiger partial charge on any atom is -0.504 e. The van der Waals surface area contributed by atoms with E-state index in [9.17, 15) is 9.90 Å². The van der Waals surface area contributed by atoms with Crippen LogP contribution in [0.15, 0.2) is 58.4 Å². The maximum Gasteiger partial charge on any atom is 0.281 e. The van der Waals surface area contributed by atoms with Gasteiger partial charge in [-0.1, -0.05) is 24.3 Å². The monoisotopic (exact) mass is 383 g/mol. The van der Waals surface area contributed by atoms with E-state index >= 15 is 0 Å². The van der Waals surface area contributed by atoms with Crippen molar-refractivity contribution in [1.29, 1.82) is 0 Å². The lowest BCUT2D eigenvalue weighted by Crippen LogP contribution is -2.40. The van der Waals surface area contributed by atoms with E-state index in [4.69, 9.17) is 4.74 Å². The first-order valence-corrected chi connectivity index (χ1v) is 9.32. The number of carbonyl (C=O) groups excluding carboxylic acids is 1. The summed E-state index contributed by atoms with van der Waals surface area (Å²) in [6, 6.07) is 14.5. The highest BCUT2D eigenvalue weighted by Gasteiger charge is 2.35. The number of hydrogen-bond donors (Lipinski definition) is 1. The molecule has 2 aromatic rings. The van der Waals surface area contributed by atoms with Crippen molar-refractivity contribution >= 4 is 34.6 Å². The van der Waals surface area contributed by atoms with Gasteiger partial charge in [0.1, 0.15) is 0 Å². The summed E-state index contributed by atoms with van der Waals surface area (Å²) >= 11 is 1.31. The van der Waals surface area contributed by atoms with Crippen LogP contribution in [-0.2, 0) is 4.79 Å². The summed E-state index contributed by atoms with van der Waals surface area (Å²) < 4.78 is 5.41. The fraction of sp³-hybridized carbons (Fsp3) is 0.200. The molecule has 0 spiro atoms. The second-order valence-corrected chi connectivity index (χ2v) is 6.97. The van der Waals surface area contributed by atoms with Crippen molar-refractivity contribution in [3.05, 3.63) is 59.0 Å². The zero-order valence-electron chi connectivity index (χ0n) is 15.4. The molecule has 1 saturated heterocycles. The highest BCUT2D eigenvalue weighted by atomic mass is 32.2. The molecule has 1 fully saturated rings. The van der Waals surface area contributed by atoms with Crippen molar-refractivity contribution in [3.63, 3.8) is 0 Å². The van der Waals surface area contributed by atoms with Crippen molar-refractivity contribution in [2.24, 2.45) is 4.99 Å². The Morgan fingerprint density at radius 1 is 1.22 bits per heavy atom. The lowest BCUT2D eigenvalue weighted by Gasteiger charge is -2.22. The maximum atomic E-state index is 12.9. The summed E-state index contributed by atoms with van der Waals surface area (Å²) in [6.45, 7) is 2.30. The van der Waals surface area contributed by atoms with E-state index in [0.717, 1.165) is 11.3 Å². The third-order valence-corrected chi connectivity index (χ3v) is 4.71. The predicted octanol–water partition coefficient (Wildman–Crippen LogP) is 3.87. The molecule has 6 nitrogen and oxygen atoms in total. The second kappa shape index (κ2) is 8.28. The number of hydrogen-bond acceptors (Lipinski definition) is 6. The van der Waals surface area contributed by atoms with Gasteiger partial charge in [-0.2, -0.15) is 0 Å². The molecule has 0 unspecified atom stereocenters. The van der Waals surface area contributed by atoms with Gasteiger partial charge >= 0.3 is 0 Å². The normalized spacial score (nSPS) is 17.3. The first-order chi connectivity index (χ1) is 13.0. The van der Waals surface area contributed by atoms with Gasteiger partial charge in [0.2, 0.25) is 0 Å². The topological polar surface area (TPSA) is 65.4 Å². The van der Waals surface area contributed by atoms with E-state index < -0.39 is 0 Å². The number of rotatable bonds is 5. The molecule has 1 heterocycles. The molecule has 0 saturated carbocycles. The van der Waals surface area contributed by atoms with Crippen molar-refractivity contribution in [2.45, 2.75) is 6.92 Å². The van der Waals surface area contributed by atoms with Crippen molar-refractivity contribution in [2.75, 3.05) is 20.7 Å². The first-order valence-electron chi connectivity index (χ1n) is 8.50. The molecular formula is C20H21N3O3S. The van der Waals surface area contributed by atoms with Gasteiger partial charge in [0.25, 0.3) is 5.91 Å². The molecule has 3 rings (SSSR count). The van der Waals surface area contributed by atoms with Crippen LogP contribution in [-0.4, -0.2) is 46.9 Å². The van der Waals surface area contributed by atoms with Gasteiger partial charge in [-0.3, -0.25) is 4.79 Å². The van der Waals surface area contributed by atoms with Crippen LogP contribution in [0.2, 0.25) is 0 Å². The number of nitrogens with zero attached hydrogens (tertiary/aromatic N) is 3. The van der Waals surface area contributed by atoms with E-state index in [1.807, 2.05) is 37.3 Å². The Kier molecular flexibility index (Phi) is 5.83. The largest absolute Gasteiger partial charge is 0.504 e. The van der Waals surface area contributed by atoms with Crippen LogP contribution in [0.1, 0.15) is 12.5 Å². The van der Waals surface area contributed by atoms with E-state index in [0.29, 0.717) is 22.4 Å². The zero-order valence-corrected chi connectivity index (χ0v) is 16.2. The molecule has 27 heavy (non-hydrogen) atoms. The Hall–Kier alpha value is -2.77. The Balaban J connectivity index is 1.95. The number of carbonyl (C=O) groups is 1. The molecule has 1 N–H and O–H groups in total. The van der Waals surface area contributed by atoms with E-state index in [-0.39, 0.29) is 11.7 Å². The predicted molar refractivity (Wildman–Crippen MR) is 109 cm³/mol. The molecule has 140 valence electrons. The number of ether oxygens (including phenoxy) is 1. The van der Waals surface area contributed by atoms with Crippen LogP contribution in [0.3, 0.4) is 0 Å². The first kappa shape index (κ1) is 19.0. The highest BCUT2D eigenvalue weighted by Crippen LogP contribution is 2.35. The second-order valence-electron chi connectivity index (χ2n) is 5.96. The standard InChI is InChI=1S/C20H21N3O3S/c1-4-26-17-12-14(10-11-16(17)24)13-18-19(25)23(22(2)3)20(27-18)21-15-8-6-5-7-9-15/h5-13,24H,4H2,1-3H3. The number of amides is 1. The van der Waals surface area contributed by atoms with Crippen molar-refractivity contribution < 1.29 is 14.6 Å². The SMILES string of the molecule is CCOc1cc(C=C2SC(=Nc3ccccc3)N(N(C)C)C2=O)ccc1O. The Bertz CT molecular complexity index is 895. The lowest BCUT2D eigenvalue weighted by atomic mass is 10.2. The number of thioether (sulfide) groups is 1. The van der Waals surface area contributed by atoms with E-state index in [2.05, 4.69) is 4.99 Å². The number of aliphatic imine (C=N–C) groups is 1. The summed E-state index contributed by atoms with van der Waals surface area (Å²) in [5, 5.41) is 13.7. The van der Waals surface area contributed by atoms with Gasteiger partial charge in [0.15, 0.2) is 16.7 Å². The van der Waals surface area contributed by atoms with Gasteiger partial charge in [-0.15, -0.1) is 0 Å². The van der Waals surface area contributed by atoms with E-state index in [1.54, 1.807) is 43.4 Å². The Labute approximate surface area is 162 Å². The number of aromatic hydroxyl groups is 1. The third-order valence-electron chi connectivity index (χ3n) is 3.75. The number of para-hydroxylation sites is 1. The molecule has 0 radical (unpaired) electrons. The average molecular weight is 383 g/mol. The molecule has 1 aliphatic heterocycles. The number of benzene rings is 2. The van der Waals surface area contributed by atoms with Crippen LogP contribution in [0.25, 0.3) is 6.08 Å². The van der Waals surface area contributed by atoms with Gasteiger partial charge in [0, 0.05) is 14.1 Å². The van der Waals surface area contributed by atoms with Crippen molar-refractivity contribution in [1.82, 2.24) is 10.0 Å². The van der Waals surface area contributed by atoms with Crippen LogP contribution in [0, 0.1) is 0 Å². The minimum absolute atomic E-state index is 0.0747. The molecule has 0 aliphatic carbocycles. The number of hydrazine groups is 1. The number of amidine groups is 1. The third kappa shape index (κ3) is 4.32. The van der Waals surface area contributed by atoms with Crippen LogP contribution in [0.4, 0.5) is 5.69 Å². The number of phenolic OH excluding ortho intramolecular Hbond substituents is 1. The fourth-order valence-electron chi connectivity index (χ4n) is 2.55. The Morgan fingerprint density at radius 3 is 2.63 bits per heavy atom. The lowest BCUT2D eigenvalue weighted by molar-refractivity contribution is -0.130. The summed E-state index contributed by atoms with van der Waals surface area (Å²) in [7, 11) is 3.60. The van der Waals surface area contributed by atoms with Gasteiger partial charge in [-0.25, -0.2) is 15.0 Å². The average Bonchev–Trinajstić information content (AvgIpc) is 2.94. The van der Waals surface area contributed by atoms with E-state index in [1.165, 1.54) is 16.8 Å². The summed E-state index contributed by atoms with van der Waals surface area (Å²) in [6.07, 6.45) is 1.78. The highest BCUT2D eigenvalue weighted by molar-refractivity contribution is 8.18. The molecule has 7 heteroatoms. The molecule has 1 aliphatic rings. The molecule has 0 atom stereocenters. The van der Waals surface area contributed by atoms with Gasteiger partial charge < -0.3 is 9.84 Å². The van der Waals surface area contributed by atoms with Crippen molar-refractivity contribution in [3.8, 4) is 11.5 Å². The van der Waals surface area contributed by atoms with Crippen LogP contribution >= 0.6 is 11.8 Å². The summed E-state index contributed by atoms with van der Waals surface area (Å²) in [5.74, 6) is 0.321. The quantitative estimate of drug-likeness (QED) is 0.794. The van der Waals surface area contributed by atoms with Gasteiger partial charge in [0.05, 0.1) is 17.2 Å². The fourth-order valence-corrected chi connectivity index (χ4v) is 3.60. The maximum absolute atomic E-state index is 12.9. The van der Waals surface area contributed by atoms with Crippen LogP contribution < -0.4 is 4.74 Å². The Morgan fingerprint density at radius 2 is 1.96 bits per heavy atom. The molecular weight excluding hydrogens is 362 g/mol. The molecule has 2 aromatic carbocycles. The summed E-state index contributed by atoms with van der Waals surface area (Å²) in [5.41, 5.74) is 1.55. The summed E-state index contributed by atoms with van der Waals surface area (Å²) in [4.78, 5) is 18.0. The molecule has 1 amide bonds. The molecule has 0 bridgehead atoms. The van der Waals surface area contributed by atoms with Crippen LogP contribution in [0.5, 0.6) is 11.5 Å². The minimum atomic E-state index is -0.147. The smallest absolute Gasteiger partial charge is 0.281 e. The zero-order chi connectivity index (χ0) is 19.4. The number of phenols is 1. The molecule has 0 aromatic heterocycles.